The smallest absolute Gasteiger partial charge is 0.327 e. The summed E-state index contributed by atoms with van der Waals surface area (Å²) in [6.45, 7) is 0. The highest BCUT2D eigenvalue weighted by atomic mass is 32.2. The predicted octanol–water partition coefficient (Wildman–Crippen LogP) is 5.26. The van der Waals surface area contributed by atoms with E-state index in [2.05, 4.69) is 88.9 Å². The molecule has 4 rings (SSSR count). The number of aromatic nitrogens is 1. The number of para-hydroxylation sites is 1. The molecule has 1 heterocycles. The molecule has 0 aliphatic rings. The lowest BCUT2D eigenvalue weighted by Gasteiger charge is -2.17. The van der Waals surface area contributed by atoms with Gasteiger partial charge in [-0.15, -0.1) is 0 Å². The maximum absolute atomic E-state index is 11.7. The van der Waals surface area contributed by atoms with Crippen LogP contribution in [-0.2, 0) is 10.5 Å². The summed E-state index contributed by atoms with van der Waals surface area (Å²) in [7, 11) is 3.16. The molecule has 0 radical (unpaired) electrons. The summed E-state index contributed by atoms with van der Waals surface area (Å²) in [4.78, 5) is 24.5. The monoisotopic (exact) mass is 473 g/mol. The lowest BCUT2D eigenvalue weighted by atomic mass is 10.0. The zero-order valence-corrected chi connectivity index (χ0v) is 20.0. The van der Waals surface area contributed by atoms with Gasteiger partial charge in [-0.25, -0.2) is 9.59 Å². The molecule has 4 aromatic rings. The van der Waals surface area contributed by atoms with Gasteiger partial charge in [-0.1, -0.05) is 54.6 Å². The Morgan fingerprint density at radius 1 is 0.941 bits per heavy atom. The van der Waals surface area contributed by atoms with Gasteiger partial charge in [0.2, 0.25) is 0 Å². The van der Waals surface area contributed by atoms with Gasteiger partial charge in [-0.3, -0.25) is 0 Å². The molecule has 0 spiro atoms. The number of carbonyl (C=O) groups is 2. The number of hydrogen-bond donors (Lipinski definition) is 2. The SMILES string of the molecule is CN(C)C(=O)N[C@@H](CSCc1ccc(-c2ccc(-n3ccc4ccccc43)cc2)cc1)C(=O)O. The number of aliphatic carboxylic acids is 1. The van der Waals surface area contributed by atoms with Crippen LogP contribution in [0.15, 0.2) is 85.1 Å². The van der Waals surface area contributed by atoms with E-state index in [1.165, 1.54) is 27.6 Å². The van der Waals surface area contributed by atoms with Gasteiger partial charge in [0, 0.05) is 37.5 Å². The van der Waals surface area contributed by atoms with Gasteiger partial charge in [-0.05, 0) is 46.3 Å². The Balaban J connectivity index is 1.37. The number of benzene rings is 3. The van der Waals surface area contributed by atoms with Gasteiger partial charge in [0.05, 0.1) is 5.52 Å². The number of fused-ring (bicyclic) bond motifs is 1. The normalized spacial score (nSPS) is 11.8. The predicted molar refractivity (Wildman–Crippen MR) is 139 cm³/mol. The Bertz CT molecular complexity index is 1280. The van der Waals surface area contributed by atoms with Crippen LogP contribution in [-0.4, -0.2) is 52.5 Å². The second-order valence-electron chi connectivity index (χ2n) is 8.24. The van der Waals surface area contributed by atoms with Crippen LogP contribution in [0.2, 0.25) is 0 Å². The Labute approximate surface area is 203 Å². The summed E-state index contributed by atoms with van der Waals surface area (Å²) >= 11 is 1.48. The van der Waals surface area contributed by atoms with Crippen LogP contribution >= 0.6 is 11.8 Å². The first-order valence-electron chi connectivity index (χ1n) is 11.0. The standard InChI is InChI=1S/C27H27N3O3S/c1-29(2)27(33)28-24(26(31)32)18-34-17-19-7-9-20(10-8-19)21-11-13-23(14-12-21)30-16-15-22-5-3-4-6-25(22)30/h3-16,24H,17-18H2,1-2H3,(H,28,33)(H,31,32)/t24-/m0/s1. The lowest BCUT2D eigenvalue weighted by molar-refractivity contribution is -0.138. The summed E-state index contributed by atoms with van der Waals surface area (Å²) in [6.07, 6.45) is 2.09. The molecule has 3 aromatic carbocycles. The van der Waals surface area contributed by atoms with Gasteiger partial charge in [0.1, 0.15) is 6.04 Å². The average Bonchev–Trinajstić information content (AvgIpc) is 3.28. The molecular weight excluding hydrogens is 446 g/mol. The number of nitrogens with zero attached hydrogens (tertiary/aromatic N) is 2. The molecule has 0 fully saturated rings. The van der Waals surface area contributed by atoms with E-state index in [9.17, 15) is 14.7 Å². The molecular formula is C27H27N3O3S. The minimum atomic E-state index is -1.03. The highest BCUT2D eigenvalue weighted by molar-refractivity contribution is 7.98. The number of carboxylic acid groups (broad SMARTS) is 1. The molecule has 0 aliphatic carbocycles. The topological polar surface area (TPSA) is 74.6 Å². The number of carbonyl (C=O) groups excluding carboxylic acids is 1. The van der Waals surface area contributed by atoms with Crippen LogP contribution < -0.4 is 5.32 Å². The van der Waals surface area contributed by atoms with Gasteiger partial charge >= 0.3 is 12.0 Å². The number of urea groups is 1. The van der Waals surface area contributed by atoms with Crippen molar-refractivity contribution in [2.24, 2.45) is 0 Å². The first-order valence-corrected chi connectivity index (χ1v) is 12.1. The quantitative estimate of drug-likeness (QED) is 0.366. The van der Waals surface area contributed by atoms with Gasteiger partial charge in [0.15, 0.2) is 0 Å². The molecule has 1 atom stereocenters. The molecule has 0 bridgehead atoms. The summed E-state index contributed by atoms with van der Waals surface area (Å²) in [5, 5.41) is 13.1. The highest BCUT2D eigenvalue weighted by Gasteiger charge is 2.20. The molecule has 2 amide bonds. The van der Waals surface area contributed by atoms with Crippen LogP contribution in [0.25, 0.3) is 27.7 Å². The van der Waals surface area contributed by atoms with Crippen molar-refractivity contribution in [3.63, 3.8) is 0 Å². The summed E-state index contributed by atoms with van der Waals surface area (Å²) in [6, 6.07) is 25.9. The van der Waals surface area contributed by atoms with E-state index < -0.39 is 18.0 Å². The fourth-order valence-corrected chi connectivity index (χ4v) is 4.67. The first-order chi connectivity index (χ1) is 16.4. The molecule has 7 heteroatoms. The van der Waals surface area contributed by atoms with Crippen molar-refractivity contribution in [2.45, 2.75) is 11.8 Å². The van der Waals surface area contributed by atoms with E-state index in [-0.39, 0.29) is 0 Å². The molecule has 0 saturated carbocycles. The Morgan fingerprint density at radius 3 is 2.24 bits per heavy atom. The summed E-state index contributed by atoms with van der Waals surface area (Å²) in [5.74, 6) is -0.0669. The van der Waals surface area contributed by atoms with Crippen LogP contribution in [0.3, 0.4) is 0 Å². The lowest BCUT2D eigenvalue weighted by Crippen LogP contribution is -2.46. The third-order valence-corrected chi connectivity index (χ3v) is 6.69. The maximum Gasteiger partial charge on any atom is 0.327 e. The number of amides is 2. The Kier molecular flexibility index (Phi) is 7.23. The van der Waals surface area contributed by atoms with E-state index in [1.807, 2.05) is 6.07 Å². The third-order valence-electron chi connectivity index (χ3n) is 5.59. The average molecular weight is 474 g/mol. The van der Waals surface area contributed by atoms with Crippen molar-refractivity contribution in [3.05, 3.63) is 90.6 Å². The first kappa shape index (κ1) is 23.4. The molecule has 0 saturated heterocycles. The van der Waals surface area contributed by atoms with E-state index in [1.54, 1.807) is 14.1 Å². The van der Waals surface area contributed by atoms with E-state index >= 15 is 0 Å². The second-order valence-corrected chi connectivity index (χ2v) is 9.27. The van der Waals surface area contributed by atoms with Gasteiger partial charge < -0.3 is 19.9 Å². The van der Waals surface area contributed by atoms with Gasteiger partial charge in [-0.2, -0.15) is 11.8 Å². The zero-order chi connectivity index (χ0) is 24.1. The third kappa shape index (κ3) is 5.43. The molecule has 174 valence electrons. The van der Waals surface area contributed by atoms with Gasteiger partial charge in [0.25, 0.3) is 0 Å². The molecule has 34 heavy (non-hydrogen) atoms. The van der Waals surface area contributed by atoms with E-state index in [4.69, 9.17) is 0 Å². The van der Waals surface area contributed by atoms with Crippen molar-refractivity contribution < 1.29 is 14.7 Å². The van der Waals surface area contributed by atoms with E-state index in [0.717, 1.165) is 22.4 Å². The van der Waals surface area contributed by atoms with Crippen molar-refractivity contribution in [1.82, 2.24) is 14.8 Å². The zero-order valence-electron chi connectivity index (χ0n) is 19.1. The molecule has 0 aliphatic heterocycles. The number of nitrogens with one attached hydrogen (secondary N) is 1. The number of hydrogen-bond acceptors (Lipinski definition) is 3. The highest BCUT2D eigenvalue weighted by Crippen LogP contribution is 2.25. The van der Waals surface area contributed by atoms with Crippen molar-refractivity contribution in [3.8, 4) is 16.8 Å². The molecule has 6 nitrogen and oxygen atoms in total. The summed E-state index contributed by atoms with van der Waals surface area (Å²) < 4.78 is 2.19. The van der Waals surface area contributed by atoms with Crippen LogP contribution in [0.1, 0.15) is 5.56 Å². The minimum Gasteiger partial charge on any atom is -0.480 e. The minimum absolute atomic E-state index is 0.298. The number of rotatable bonds is 8. The van der Waals surface area contributed by atoms with Crippen LogP contribution in [0, 0.1) is 0 Å². The Morgan fingerprint density at radius 2 is 1.59 bits per heavy atom. The number of carboxylic acids is 1. The molecule has 2 N–H and O–H groups in total. The van der Waals surface area contributed by atoms with Crippen LogP contribution in [0.4, 0.5) is 4.79 Å². The molecule has 1 aromatic heterocycles. The van der Waals surface area contributed by atoms with Crippen molar-refractivity contribution in [2.75, 3.05) is 19.8 Å². The summed E-state index contributed by atoms with van der Waals surface area (Å²) in [5.41, 5.74) is 5.67. The van der Waals surface area contributed by atoms with Crippen molar-refractivity contribution >= 4 is 34.7 Å². The maximum atomic E-state index is 11.7. The number of thioether (sulfide) groups is 1. The Hall–Kier alpha value is -3.71. The second kappa shape index (κ2) is 10.5. The van der Waals surface area contributed by atoms with Crippen LogP contribution in [0.5, 0.6) is 0 Å². The van der Waals surface area contributed by atoms with E-state index in [0.29, 0.717) is 11.5 Å². The van der Waals surface area contributed by atoms with Crippen molar-refractivity contribution in [1.29, 1.82) is 0 Å². The fraction of sp³-hybridized carbons (Fsp3) is 0.185. The largest absolute Gasteiger partial charge is 0.480 e. The fourth-order valence-electron chi connectivity index (χ4n) is 3.66. The molecule has 0 unspecified atom stereocenters.